The molecule has 4 rings (SSSR count). The van der Waals surface area contributed by atoms with Crippen molar-refractivity contribution < 1.29 is 13.2 Å². The summed E-state index contributed by atoms with van der Waals surface area (Å²) < 4.78 is 46.9. The van der Waals surface area contributed by atoms with Crippen LogP contribution in [0, 0.1) is 52.3 Å². The van der Waals surface area contributed by atoms with Crippen LogP contribution in [0.4, 0.5) is 13.2 Å². The molecule has 0 spiro atoms. The zero-order chi connectivity index (χ0) is 21.9. The molecular formula is C27H45F3. The van der Waals surface area contributed by atoms with Crippen molar-refractivity contribution in [3.8, 4) is 0 Å². The van der Waals surface area contributed by atoms with E-state index in [0.717, 1.165) is 50.9 Å². The van der Waals surface area contributed by atoms with Gasteiger partial charge in [0.2, 0.25) is 0 Å². The van der Waals surface area contributed by atoms with Gasteiger partial charge in [-0.15, -0.1) is 0 Å². The van der Waals surface area contributed by atoms with E-state index in [1.54, 1.807) is 0 Å². The molecule has 0 aromatic carbocycles. The van der Waals surface area contributed by atoms with E-state index < -0.39 is 29.3 Å². The Labute approximate surface area is 183 Å². The smallest absolute Gasteiger partial charge is 0.241 e. The quantitative estimate of drug-likeness (QED) is 0.412. The van der Waals surface area contributed by atoms with Crippen LogP contribution in [-0.2, 0) is 0 Å². The van der Waals surface area contributed by atoms with Gasteiger partial charge in [-0.2, -0.15) is 0 Å². The largest absolute Gasteiger partial charge is 0.282 e. The molecule has 0 aromatic heterocycles. The summed E-state index contributed by atoms with van der Waals surface area (Å²) in [6, 6.07) is 0. The Morgan fingerprint density at radius 3 is 2.30 bits per heavy atom. The van der Waals surface area contributed by atoms with E-state index in [1.165, 1.54) is 25.7 Å². The van der Waals surface area contributed by atoms with E-state index in [-0.39, 0.29) is 17.3 Å². The van der Waals surface area contributed by atoms with Gasteiger partial charge in [0.25, 0.3) is 5.92 Å². The van der Waals surface area contributed by atoms with Gasteiger partial charge in [0.15, 0.2) is 6.17 Å². The van der Waals surface area contributed by atoms with Crippen molar-refractivity contribution in [1.82, 2.24) is 0 Å². The van der Waals surface area contributed by atoms with E-state index in [9.17, 15) is 0 Å². The Balaban J connectivity index is 1.60. The molecule has 0 N–H and O–H groups in total. The minimum Gasteiger partial charge on any atom is -0.241 e. The van der Waals surface area contributed by atoms with Crippen LogP contribution in [0.5, 0.6) is 0 Å². The number of fused-ring (bicyclic) bond motifs is 5. The van der Waals surface area contributed by atoms with E-state index in [2.05, 4.69) is 27.7 Å². The Hall–Kier alpha value is -0.210. The molecule has 3 heteroatoms. The van der Waals surface area contributed by atoms with Crippen molar-refractivity contribution in [2.75, 3.05) is 0 Å². The first-order valence-corrected chi connectivity index (χ1v) is 13.1. The first-order chi connectivity index (χ1) is 14.0. The molecule has 0 saturated heterocycles. The fourth-order valence-corrected chi connectivity index (χ4v) is 9.38. The van der Waals surface area contributed by atoms with Crippen molar-refractivity contribution in [1.29, 1.82) is 0 Å². The maximum atomic E-state index is 15.7. The highest BCUT2D eigenvalue weighted by Gasteiger charge is 2.73. The molecular weight excluding hydrogens is 381 g/mol. The Morgan fingerprint density at radius 1 is 0.867 bits per heavy atom. The highest BCUT2D eigenvalue weighted by molar-refractivity contribution is 5.17. The van der Waals surface area contributed by atoms with Gasteiger partial charge in [0.05, 0.1) is 0 Å². The van der Waals surface area contributed by atoms with Gasteiger partial charge >= 0.3 is 0 Å². The molecule has 4 saturated carbocycles. The van der Waals surface area contributed by atoms with Gasteiger partial charge in [0.1, 0.15) is 0 Å². The molecule has 0 heterocycles. The second-order valence-corrected chi connectivity index (χ2v) is 12.7. The normalized spacial score (nSPS) is 48.7. The molecule has 4 fully saturated rings. The lowest BCUT2D eigenvalue weighted by molar-refractivity contribution is -0.123. The Bertz CT molecular complexity index is 615. The maximum Gasteiger partial charge on any atom is 0.282 e. The molecule has 0 aliphatic heterocycles. The molecule has 9 atom stereocenters. The molecule has 0 aromatic rings. The summed E-state index contributed by atoms with van der Waals surface area (Å²) in [5, 5.41) is 0. The van der Waals surface area contributed by atoms with E-state index in [4.69, 9.17) is 0 Å². The zero-order valence-corrected chi connectivity index (χ0v) is 20.0. The average molecular weight is 427 g/mol. The van der Waals surface area contributed by atoms with Gasteiger partial charge in [-0.25, -0.2) is 13.2 Å². The standard InChI is InChI=1S/C27H45F3/c1-17(2)9-8-10-18(3)23-26(5)16-14-21-20(22(26)24(28)27(23,29)30)13-12-19-11-6-7-15-25(19,21)4/h17-24H,6-16H2,1-5H3/t18-,19?,20-,21+,22-,23-,24?,25+,26+/m1/s1. The lowest BCUT2D eigenvalue weighted by Gasteiger charge is -2.60. The molecule has 4 aliphatic rings. The van der Waals surface area contributed by atoms with Gasteiger partial charge in [-0.3, -0.25) is 0 Å². The van der Waals surface area contributed by atoms with E-state index in [1.807, 2.05) is 6.92 Å². The molecule has 0 nitrogen and oxygen atoms in total. The van der Waals surface area contributed by atoms with Crippen LogP contribution in [0.3, 0.4) is 0 Å². The van der Waals surface area contributed by atoms with Crippen LogP contribution >= 0.6 is 0 Å². The van der Waals surface area contributed by atoms with Crippen molar-refractivity contribution >= 4 is 0 Å². The van der Waals surface area contributed by atoms with Crippen LogP contribution in [0.2, 0.25) is 0 Å². The first-order valence-electron chi connectivity index (χ1n) is 13.1. The monoisotopic (exact) mass is 426 g/mol. The molecule has 30 heavy (non-hydrogen) atoms. The average Bonchev–Trinajstić information content (AvgIpc) is 2.82. The number of rotatable bonds is 5. The van der Waals surface area contributed by atoms with Gasteiger partial charge in [-0.1, -0.05) is 66.7 Å². The Kier molecular flexibility index (Phi) is 6.11. The third kappa shape index (κ3) is 3.38. The van der Waals surface area contributed by atoms with Gasteiger partial charge < -0.3 is 0 Å². The zero-order valence-electron chi connectivity index (χ0n) is 20.0. The second kappa shape index (κ2) is 7.98. The van der Waals surface area contributed by atoms with Gasteiger partial charge in [-0.05, 0) is 78.9 Å². The summed E-state index contributed by atoms with van der Waals surface area (Å²) in [5.41, 5.74) is -0.280. The third-order valence-electron chi connectivity index (χ3n) is 10.7. The minimum atomic E-state index is -3.17. The summed E-state index contributed by atoms with van der Waals surface area (Å²) in [7, 11) is 0. The van der Waals surface area contributed by atoms with Crippen LogP contribution in [0.15, 0.2) is 0 Å². The highest BCUT2D eigenvalue weighted by Crippen LogP contribution is 2.71. The Morgan fingerprint density at radius 2 is 1.60 bits per heavy atom. The predicted octanol–water partition coefficient (Wildman–Crippen LogP) is 8.69. The summed E-state index contributed by atoms with van der Waals surface area (Å²) in [6.45, 7) is 10.9. The molecule has 0 amide bonds. The molecule has 4 aliphatic carbocycles. The fourth-order valence-electron chi connectivity index (χ4n) is 9.38. The number of halogens is 3. The van der Waals surface area contributed by atoms with Crippen molar-refractivity contribution in [2.24, 2.45) is 52.3 Å². The number of hydrogen-bond donors (Lipinski definition) is 0. The van der Waals surface area contributed by atoms with Crippen LogP contribution in [0.1, 0.15) is 105 Å². The number of hydrogen-bond acceptors (Lipinski definition) is 0. The van der Waals surface area contributed by atoms with Crippen molar-refractivity contribution in [2.45, 2.75) is 117 Å². The van der Waals surface area contributed by atoms with Crippen LogP contribution in [0.25, 0.3) is 0 Å². The fraction of sp³-hybridized carbons (Fsp3) is 1.00. The lowest BCUT2D eigenvalue weighted by atomic mass is 9.44. The highest BCUT2D eigenvalue weighted by atomic mass is 19.3. The molecule has 0 bridgehead atoms. The summed E-state index contributed by atoms with van der Waals surface area (Å²) in [6.07, 6.45) is 9.99. The number of alkyl halides is 3. The van der Waals surface area contributed by atoms with Crippen molar-refractivity contribution in [3.05, 3.63) is 0 Å². The lowest BCUT2D eigenvalue weighted by Crippen LogP contribution is -2.54. The summed E-state index contributed by atoms with van der Waals surface area (Å²) >= 11 is 0. The maximum absolute atomic E-state index is 15.7. The predicted molar refractivity (Wildman–Crippen MR) is 118 cm³/mol. The van der Waals surface area contributed by atoms with Crippen molar-refractivity contribution in [3.63, 3.8) is 0 Å². The van der Waals surface area contributed by atoms with E-state index in [0.29, 0.717) is 11.8 Å². The first kappa shape index (κ1) is 23.0. The topological polar surface area (TPSA) is 0 Å². The van der Waals surface area contributed by atoms with Crippen LogP contribution in [-0.4, -0.2) is 12.1 Å². The summed E-state index contributed by atoms with van der Waals surface area (Å²) in [4.78, 5) is 0. The van der Waals surface area contributed by atoms with E-state index >= 15 is 13.2 Å². The SMILES string of the molecule is CC(C)CCC[C@@H](C)[C@H]1C(F)(F)C(F)[C@H]2[C@@H]3CCC4CCCC[C@]4(C)[C@H]3CC[C@@]21C. The third-order valence-corrected chi connectivity index (χ3v) is 10.7. The molecule has 0 radical (unpaired) electrons. The second-order valence-electron chi connectivity index (χ2n) is 12.7. The van der Waals surface area contributed by atoms with Crippen LogP contribution < -0.4 is 0 Å². The minimum absolute atomic E-state index is 0.106. The summed E-state index contributed by atoms with van der Waals surface area (Å²) in [5.74, 6) is -2.56. The molecule has 2 unspecified atom stereocenters. The molecule has 174 valence electrons. The van der Waals surface area contributed by atoms with Gasteiger partial charge in [0, 0.05) is 11.8 Å².